The number of carbonyl (C=O) groups is 4. The lowest BCUT2D eigenvalue weighted by Crippen LogP contribution is -2.48. The maximum atomic E-state index is 12.6. The zero-order valence-corrected chi connectivity index (χ0v) is 18.0. The number of methoxy groups -OCH3 is 1. The molecular weight excluding hydrogens is 408 g/mol. The lowest BCUT2D eigenvalue weighted by molar-refractivity contribution is -0.168. The topological polar surface area (TPSA) is 118 Å². The minimum Gasteiger partial charge on any atom is -0.466 e. The summed E-state index contributed by atoms with van der Waals surface area (Å²) in [6.07, 6.45) is -1.45. The molecule has 168 valence electrons. The number of esters is 4. The van der Waals surface area contributed by atoms with Crippen molar-refractivity contribution in [3.8, 4) is 0 Å². The Morgan fingerprint density at radius 2 is 1.90 bits per heavy atom. The summed E-state index contributed by atoms with van der Waals surface area (Å²) >= 11 is 0. The van der Waals surface area contributed by atoms with Crippen LogP contribution in [0.3, 0.4) is 0 Å². The SMILES string of the molecule is C=C(C)C(=O)OC1C(OC(C)=O)C(C(=O)OC)=CCCC2(C)OC2C2OC(=O)C(=C)C12. The number of allylic oxidation sites excluding steroid dienone is 1. The Morgan fingerprint density at radius 3 is 2.48 bits per heavy atom. The second-order valence-electron chi connectivity index (χ2n) is 8.14. The van der Waals surface area contributed by atoms with Crippen LogP contribution in [0.1, 0.15) is 33.6 Å². The first-order chi connectivity index (χ1) is 14.5. The Kier molecular flexibility index (Phi) is 6.09. The van der Waals surface area contributed by atoms with Crippen molar-refractivity contribution in [2.75, 3.05) is 7.11 Å². The van der Waals surface area contributed by atoms with E-state index in [0.29, 0.717) is 12.8 Å². The van der Waals surface area contributed by atoms with Gasteiger partial charge >= 0.3 is 23.9 Å². The maximum absolute atomic E-state index is 12.6. The van der Waals surface area contributed by atoms with Crippen molar-refractivity contribution in [2.45, 2.75) is 63.6 Å². The van der Waals surface area contributed by atoms with Crippen LogP contribution in [0.15, 0.2) is 36.0 Å². The molecule has 0 saturated carbocycles. The quantitative estimate of drug-likeness (QED) is 0.281. The molecule has 0 spiro atoms. The van der Waals surface area contributed by atoms with Gasteiger partial charge in [0.25, 0.3) is 0 Å². The molecule has 3 aliphatic rings. The molecule has 0 radical (unpaired) electrons. The van der Waals surface area contributed by atoms with Crippen LogP contribution in [0.25, 0.3) is 0 Å². The molecule has 0 aromatic carbocycles. The third-order valence-corrected chi connectivity index (χ3v) is 5.77. The Bertz CT molecular complexity index is 885. The van der Waals surface area contributed by atoms with Crippen molar-refractivity contribution in [1.82, 2.24) is 0 Å². The molecule has 0 bridgehead atoms. The highest BCUT2D eigenvalue weighted by Gasteiger charge is 2.64. The highest BCUT2D eigenvalue weighted by molar-refractivity contribution is 5.93. The zero-order valence-electron chi connectivity index (χ0n) is 18.0. The summed E-state index contributed by atoms with van der Waals surface area (Å²) < 4.78 is 27.4. The van der Waals surface area contributed by atoms with Gasteiger partial charge < -0.3 is 23.7 Å². The van der Waals surface area contributed by atoms with E-state index in [4.69, 9.17) is 23.7 Å². The van der Waals surface area contributed by atoms with Crippen molar-refractivity contribution in [3.63, 3.8) is 0 Å². The van der Waals surface area contributed by atoms with Crippen LogP contribution in [-0.2, 0) is 42.9 Å². The molecule has 6 atom stereocenters. The summed E-state index contributed by atoms with van der Waals surface area (Å²) in [5.74, 6) is -3.84. The van der Waals surface area contributed by atoms with Crippen LogP contribution in [0.5, 0.6) is 0 Å². The Morgan fingerprint density at radius 1 is 1.23 bits per heavy atom. The molecule has 0 aromatic heterocycles. The predicted octanol–water partition coefficient (Wildman–Crippen LogP) is 1.55. The third-order valence-electron chi connectivity index (χ3n) is 5.77. The summed E-state index contributed by atoms with van der Waals surface area (Å²) in [5.41, 5.74) is -0.486. The third kappa shape index (κ3) is 4.27. The molecule has 0 amide bonds. The number of fused-ring (bicyclic) bond motifs is 3. The van der Waals surface area contributed by atoms with Crippen molar-refractivity contribution < 1.29 is 42.9 Å². The minimum atomic E-state index is -1.35. The Labute approximate surface area is 180 Å². The summed E-state index contributed by atoms with van der Waals surface area (Å²) in [5, 5.41) is 0. The van der Waals surface area contributed by atoms with Crippen molar-refractivity contribution >= 4 is 23.9 Å². The van der Waals surface area contributed by atoms with Crippen LogP contribution >= 0.6 is 0 Å². The molecule has 3 rings (SSSR count). The monoisotopic (exact) mass is 434 g/mol. The summed E-state index contributed by atoms with van der Waals surface area (Å²) in [6, 6.07) is 0. The van der Waals surface area contributed by atoms with Crippen LogP contribution in [-0.4, -0.2) is 61.0 Å². The van der Waals surface area contributed by atoms with Gasteiger partial charge in [0.05, 0.1) is 24.2 Å². The number of hydrogen-bond donors (Lipinski definition) is 0. The van der Waals surface area contributed by atoms with E-state index in [0.717, 1.165) is 6.92 Å². The highest BCUT2D eigenvalue weighted by atomic mass is 16.7. The van der Waals surface area contributed by atoms with Gasteiger partial charge in [0.1, 0.15) is 12.2 Å². The first-order valence-electron chi connectivity index (χ1n) is 9.90. The first-order valence-corrected chi connectivity index (χ1v) is 9.90. The molecule has 9 heteroatoms. The molecule has 2 heterocycles. The predicted molar refractivity (Wildman–Crippen MR) is 105 cm³/mol. The second kappa shape index (κ2) is 8.30. The van der Waals surface area contributed by atoms with Crippen LogP contribution in [0.4, 0.5) is 0 Å². The van der Waals surface area contributed by atoms with Crippen LogP contribution < -0.4 is 0 Å². The molecule has 2 fully saturated rings. The number of carbonyl (C=O) groups excluding carboxylic acids is 4. The molecule has 2 saturated heterocycles. The zero-order chi connectivity index (χ0) is 23.1. The van der Waals surface area contributed by atoms with Crippen molar-refractivity contribution in [1.29, 1.82) is 0 Å². The standard InChI is InChI=1S/C22H26O9/c1-10(2)19(24)29-16-14-11(3)20(25)30-17(14)18-22(5,31-18)9-7-8-13(21(26)27-6)15(16)28-12(4)23/h8,14-18H,1,3,7,9H2,2,4-6H3. The van der Waals surface area contributed by atoms with Gasteiger partial charge in [-0.3, -0.25) is 4.79 Å². The lowest BCUT2D eigenvalue weighted by Gasteiger charge is -2.33. The average Bonchev–Trinajstić information content (AvgIpc) is 3.28. The van der Waals surface area contributed by atoms with Gasteiger partial charge in [-0.25, -0.2) is 14.4 Å². The fourth-order valence-corrected chi connectivity index (χ4v) is 4.10. The van der Waals surface area contributed by atoms with E-state index in [-0.39, 0.29) is 16.7 Å². The molecule has 31 heavy (non-hydrogen) atoms. The fourth-order valence-electron chi connectivity index (χ4n) is 4.10. The van der Waals surface area contributed by atoms with E-state index in [1.165, 1.54) is 14.0 Å². The second-order valence-corrected chi connectivity index (χ2v) is 8.14. The van der Waals surface area contributed by atoms with Gasteiger partial charge in [0.15, 0.2) is 12.2 Å². The highest BCUT2D eigenvalue weighted by Crippen LogP contribution is 2.50. The smallest absolute Gasteiger partial charge is 0.337 e. The Balaban J connectivity index is 2.17. The molecular formula is C22H26O9. The minimum absolute atomic E-state index is 0.00851. The number of hydrogen-bond acceptors (Lipinski definition) is 9. The normalized spacial score (nSPS) is 34.3. The van der Waals surface area contributed by atoms with Crippen molar-refractivity contribution in [2.24, 2.45) is 5.92 Å². The van der Waals surface area contributed by atoms with E-state index in [1.807, 2.05) is 6.92 Å². The molecule has 9 nitrogen and oxygen atoms in total. The lowest BCUT2D eigenvalue weighted by atomic mass is 9.80. The van der Waals surface area contributed by atoms with Crippen LogP contribution in [0.2, 0.25) is 0 Å². The summed E-state index contributed by atoms with van der Waals surface area (Å²) in [4.78, 5) is 49.5. The van der Waals surface area contributed by atoms with Crippen molar-refractivity contribution in [3.05, 3.63) is 36.0 Å². The first kappa shape index (κ1) is 22.7. The summed E-state index contributed by atoms with van der Waals surface area (Å²) in [7, 11) is 1.19. The molecule has 0 N–H and O–H groups in total. The molecule has 2 aliphatic heterocycles. The van der Waals surface area contributed by atoms with Gasteiger partial charge in [0, 0.05) is 18.1 Å². The summed E-state index contributed by atoms with van der Waals surface area (Å²) in [6.45, 7) is 11.9. The van der Waals surface area contributed by atoms with Gasteiger partial charge in [-0.05, 0) is 26.7 Å². The van der Waals surface area contributed by atoms with Crippen LogP contribution in [0, 0.1) is 5.92 Å². The van der Waals surface area contributed by atoms with E-state index >= 15 is 0 Å². The fraction of sp³-hybridized carbons (Fsp3) is 0.545. The van der Waals surface area contributed by atoms with E-state index in [9.17, 15) is 19.2 Å². The van der Waals surface area contributed by atoms with Gasteiger partial charge in [-0.15, -0.1) is 0 Å². The largest absolute Gasteiger partial charge is 0.466 e. The van der Waals surface area contributed by atoms with Gasteiger partial charge in [-0.2, -0.15) is 0 Å². The van der Waals surface area contributed by atoms with E-state index in [2.05, 4.69) is 13.2 Å². The number of rotatable bonds is 4. The maximum Gasteiger partial charge on any atom is 0.337 e. The average molecular weight is 434 g/mol. The Hall–Kier alpha value is -2.94. The van der Waals surface area contributed by atoms with E-state index in [1.54, 1.807) is 6.08 Å². The molecule has 0 aromatic rings. The number of ether oxygens (including phenoxy) is 5. The van der Waals surface area contributed by atoms with Gasteiger partial charge in [0.2, 0.25) is 0 Å². The number of epoxide rings is 1. The van der Waals surface area contributed by atoms with E-state index < -0.39 is 59.8 Å². The van der Waals surface area contributed by atoms with Gasteiger partial charge in [-0.1, -0.05) is 19.2 Å². The molecule has 1 aliphatic carbocycles. The molecule has 6 unspecified atom stereocenters.